The molecule has 1 fully saturated rings. The maximum atomic E-state index is 4.57. The molecular weight excluding hydrogens is 234 g/mol. The molecule has 1 aliphatic rings. The molecule has 2 rings (SSSR count). The van der Waals surface area contributed by atoms with Crippen LogP contribution in [-0.2, 0) is 13.5 Å². The summed E-state index contributed by atoms with van der Waals surface area (Å²) in [6, 6.07) is 0. The predicted molar refractivity (Wildman–Crippen MR) is 71.3 cm³/mol. The number of nitrogens with zero attached hydrogens (tertiary/aromatic N) is 4. The molecule has 0 aromatic carbocycles. The van der Waals surface area contributed by atoms with E-state index in [-0.39, 0.29) is 5.54 Å². The maximum absolute atomic E-state index is 4.57. The second-order valence-corrected chi connectivity index (χ2v) is 5.59. The zero-order valence-corrected chi connectivity index (χ0v) is 11.4. The summed E-state index contributed by atoms with van der Waals surface area (Å²) >= 11 is 1.81. The van der Waals surface area contributed by atoms with Crippen molar-refractivity contribution in [1.82, 2.24) is 20.1 Å². The van der Waals surface area contributed by atoms with Gasteiger partial charge in [0, 0.05) is 31.3 Å². The van der Waals surface area contributed by atoms with E-state index in [1.54, 1.807) is 6.33 Å². The van der Waals surface area contributed by atoms with Crippen molar-refractivity contribution in [2.75, 3.05) is 12.3 Å². The van der Waals surface area contributed by atoms with Crippen LogP contribution < -0.4 is 5.32 Å². The number of thioether (sulfide) groups is 1. The number of rotatable bonds is 4. The van der Waals surface area contributed by atoms with E-state index in [4.69, 9.17) is 0 Å². The van der Waals surface area contributed by atoms with Gasteiger partial charge in [0.2, 0.25) is 0 Å². The van der Waals surface area contributed by atoms with Crippen LogP contribution in [0.3, 0.4) is 0 Å². The zero-order chi connectivity index (χ0) is 12.3. The molecule has 1 atom stereocenters. The van der Waals surface area contributed by atoms with Gasteiger partial charge in [0.05, 0.1) is 0 Å². The van der Waals surface area contributed by atoms with Crippen LogP contribution in [0.25, 0.3) is 0 Å². The number of aliphatic imine (C=N–C) groups is 1. The molecule has 17 heavy (non-hydrogen) atoms. The molecular formula is C11H19N5S. The third kappa shape index (κ3) is 3.00. The summed E-state index contributed by atoms with van der Waals surface area (Å²) in [4.78, 5) is 4.57. The molecule has 0 saturated carbocycles. The summed E-state index contributed by atoms with van der Waals surface area (Å²) in [6.07, 6.45) is 3.69. The lowest BCUT2D eigenvalue weighted by atomic mass is 10.0. The summed E-state index contributed by atoms with van der Waals surface area (Å²) in [5.74, 6) is 2.09. The molecule has 2 heterocycles. The average Bonchev–Trinajstić information content (AvgIpc) is 2.88. The van der Waals surface area contributed by atoms with Gasteiger partial charge < -0.3 is 9.88 Å². The first kappa shape index (κ1) is 12.4. The van der Waals surface area contributed by atoms with Crippen LogP contribution in [0.15, 0.2) is 11.3 Å². The van der Waals surface area contributed by atoms with Crippen molar-refractivity contribution >= 4 is 16.9 Å². The van der Waals surface area contributed by atoms with Crippen LogP contribution >= 0.6 is 11.8 Å². The molecule has 0 spiro atoms. The van der Waals surface area contributed by atoms with Gasteiger partial charge in [-0.3, -0.25) is 4.99 Å². The number of aromatic nitrogens is 3. The third-order valence-corrected chi connectivity index (χ3v) is 4.40. The van der Waals surface area contributed by atoms with Gasteiger partial charge in [-0.05, 0) is 13.3 Å². The van der Waals surface area contributed by atoms with Crippen molar-refractivity contribution < 1.29 is 0 Å². The van der Waals surface area contributed by atoms with Gasteiger partial charge >= 0.3 is 0 Å². The van der Waals surface area contributed by atoms with E-state index in [9.17, 15) is 0 Å². The van der Waals surface area contributed by atoms with Gasteiger partial charge in [-0.15, -0.1) is 10.2 Å². The predicted octanol–water partition coefficient (Wildman–Crippen LogP) is 1.22. The SMILES string of the molecule is CCC1(C)CSC(=NCCc2nncn2C)N1. The van der Waals surface area contributed by atoms with Gasteiger partial charge in [0.25, 0.3) is 0 Å². The fourth-order valence-electron chi connectivity index (χ4n) is 1.62. The second kappa shape index (κ2) is 5.08. The van der Waals surface area contributed by atoms with Crippen LogP contribution in [0.4, 0.5) is 0 Å². The van der Waals surface area contributed by atoms with Crippen molar-refractivity contribution in [3.8, 4) is 0 Å². The van der Waals surface area contributed by atoms with Crippen molar-refractivity contribution in [3.05, 3.63) is 12.2 Å². The molecule has 1 unspecified atom stereocenters. The summed E-state index contributed by atoms with van der Waals surface area (Å²) in [5, 5.41) is 12.4. The van der Waals surface area contributed by atoms with E-state index < -0.39 is 0 Å². The highest BCUT2D eigenvalue weighted by molar-refractivity contribution is 8.14. The van der Waals surface area contributed by atoms with Crippen LogP contribution in [0.1, 0.15) is 26.1 Å². The van der Waals surface area contributed by atoms with Crippen LogP contribution in [0.2, 0.25) is 0 Å². The first-order valence-corrected chi connectivity index (χ1v) is 6.90. The Morgan fingerprint density at radius 1 is 1.65 bits per heavy atom. The summed E-state index contributed by atoms with van der Waals surface area (Å²) < 4.78 is 1.94. The first-order chi connectivity index (χ1) is 8.13. The average molecular weight is 253 g/mol. The molecule has 0 bridgehead atoms. The molecule has 0 radical (unpaired) electrons. The van der Waals surface area contributed by atoms with Crippen molar-refractivity contribution in [2.45, 2.75) is 32.2 Å². The minimum Gasteiger partial charge on any atom is -0.359 e. The maximum Gasteiger partial charge on any atom is 0.157 e. The van der Waals surface area contributed by atoms with Crippen LogP contribution in [-0.4, -0.2) is 37.8 Å². The third-order valence-electron chi connectivity index (χ3n) is 3.11. The molecule has 0 amide bonds. The Kier molecular flexibility index (Phi) is 3.71. The van der Waals surface area contributed by atoms with Gasteiger partial charge in [-0.2, -0.15) is 0 Å². The number of hydrogen-bond acceptors (Lipinski definition) is 4. The number of amidine groups is 1. The molecule has 1 aromatic rings. The Labute approximate surface area is 106 Å². The lowest BCUT2D eigenvalue weighted by molar-refractivity contribution is 0.466. The summed E-state index contributed by atoms with van der Waals surface area (Å²) in [7, 11) is 1.96. The van der Waals surface area contributed by atoms with E-state index in [0.717, 1.165) is 36.1 Å². The van der Waals surface area contributed by atoms with Gasteiger partial charge in [-0.1, -0.05) is 18.7 Å². The highest BCUT2D eigenvalue weighted by Crippen LogP contribution is 2.25. The van der Waals surface area contributed by atoms with E-state index in [1.165, 1.54) is 0 Å². The smallest absolute Gasteiger partial charge is 0.157 e. The largest absolute Gasteiger partial charge is 0.359 e. The zero-order valence-electron chi connectivity index (χ0n) is 10.6. The number of aryl methyl sites for hydroxylation is 1. The van der Waals surface area contributed by atoms with Gasteiger partial charge in [-0.25, -0.2) is 0 Å². The second-order valence-electron chi connectivity index (χ2n) is 4.62. The topological polar surface area (TPSA) is 55.1 Å². The number of hydrogen-bond donors (Lipinski definition) is 1. The van der Waals surface area contributed by atoms with Crippen molar-refractivity contribution in [1.29, 1.82) is 0 Å². The van der Waals surface area contributed by atoms with E-state index in [2.05, 4.69) is 34.4 Å². The Hall–Kier alpha value is -1.04. The molecule has 6 heteroatoms. The number of nitrogens with one attached hydrogen (secondary N) is 1. The summed E-state index contributed by atoms with van der Waals surface area (Å²) in [5.41, 5.74) is 0.217. The molecule has 1 aliphatic heterocycles. The fraction of sp³-hybridized carbons (Fsp3) is 0.727. The minimum absolute atomic E-state index is 0.217. The molecule has 0 aliphatic carbocycles. The Morgan fingerprint density at radius 2 is 2.47 bits per heavy atom. The molecule has 1 aromatic heterocycles. The van der Waals surface area contributed by atoms with Crippen molar-refractivity contribution in [3.63, 3.8) is 0 Å². The monoisotopic (exact) mass is 253 g/mol. The quantitative estimate of drug-likeness (QED) is 0.876. The highest BCUT2D eigenvalue weighted by Gasteiger charge is 2.30. The standard InChI is InChI=1S/C11H19N5S/c1-4-11(2)7-17-10(14-11)12-6-5-9-15-13-8-16(9)3/h8H,4-7H2,1-3H3,(H,12,14). The van der Waals surface area contributed by atoms with Gasteiger partial charge in [0.1, 0.15) is 12.2 Å². The molecule has 1 saturated heterocycles. The van der Waals surface area contributed by atoms with Crippen molar-refractivity contribution in [2.24, 2.45) is 12.0 Å². The molecule has 5 nitrogen and oxygen atoms in total. The van der Waals surface area contributed by atoms with E-state index >= 15 is 0 Å². The Bertz CT molecular complexity index is 414. The highest BCUT2D eigenvalue weighted by atomic mass is 32.2. The van der Waals surface area contributed by atoms with Crippen LogP contribution in [0, 0.1) is 0 Å². The lowest BCUT2D eigenvalue weighted by Crippen LogP contribution is -2.39. The van der Waals surface area contributed by atoms with Gasteiger partial charge in [0.15, 0.2) is 5.17 Å². The molecule has 1 N–H and O–H groups in total. The Morgan fingerprint density at radius 3 is 3.06 bits per heavy atom. The van der Waals surface area contributed by atoms with E-state index in [1.807, 2.05) is 23.4 Å². The lowest BCUT2D eigenvalue weighted by Gasteiger charge is -2.20. The minimum atomic E-state index is 0.217. The van der Waals surface area contributed by atoms with E-state index in [0.29, 0.717) is 0 Å². The summed E-state index contributed by atoms with van der Waals surface area (Å²) in [6.45, 7) is 5.21. The fourth-order valence-corrected chi connectivity index (χ4v) is 2.86. The molecule has 94 valence electrons. The first-order valence-electron chi connectivity index (χ1n) is 5.91. The Balaban J connectivity index is 1.85. The normalized spacial score (nSPS) is 26.4. The van der Waals surface area contributed by atoms with Crippen LogP contribution in [0.5, 0.6) is 0 Å².